The van der Waals surface area contributed by atoms with E-state index < -0.39 is 5.91 Å². The second kappa shape index (κ2) is 8.50. The number of hydrogen-bond acceptors (Lipinski definition) is 5. The van der Waals surface area contributed by atoms with E-state index in [2.05, 4.69) is 26.0 Å². The Morgan fingerprint density at radius 3 is 2.50 bits per heavy atom. The van der Waals surface area contributed by atoms with Crippen molar-refractivity contribution in [2.75, 3.05) is 5.75 Å². The molecule has 2 aromatic carbocycles. The first kappa shape index (κ1) is 18.0. The van der Waals surface area contributed by atoms with Crippen LogP contribution in [0.15, 0.2) is 59.8 Å². The Morgan fingerprint density at radius 1 is 1.04 bits per heavy atom. The number of H-pyrrole nitrogens is 1. The lowest BCUT2D eigenvalue weighted by Crippen LogP contribution is -2.42. The topological polar surface area (TPSA) is 99.8 Å². The fourth-order valence-corrected chi connectivity index (χ4v) is 2.73. The Morgan fingerprint density at radius 2 is 1.77 bits per heavy atom. The van der Waals surface area contributed by atoms with Crippen molar-refractivity contribution in [1.29, 1.82) is 0 Å². The van der Waals surface area contributed by atoms with Gasteiger partial charge in [-0.1, -0.05) is 53.7 Å². The third-order valence-corrected chi connectivity index (χ3v) is 4.37. The van der Waals surface area contributed by atoms with Crippen molar-refractivity contribution in [1.82, 2.24) is 26.0 Å². The minimum atomic E-state index is -0.427. The number of nitrogens with one attached hydrogen (secondary N) is 3. The number of thioether (sulfide) groups is 1. The quantitative estimate of drug-likeness (QED) is 0.461. The highest BCUT2D eigenvalue weighted by atomic mass is 35.5. The zero-order valence-corrected chi connectivity index (χ0v) is 15.0. The van der Waals surface area contributed by atoms with Gasteiger partial charge in [-0.15, -0.1) is 5.10 Å². The molecule has 3 aromatic rings. The van der Waals surface area contributed by atoms with E-state index in [1.54, 1.807) is 24.3 Å². The van der Waals surface area contributed by atoms with E-state index in [-0.39, 0.29) is 11.7 Å². The SMILES string of the molecule is O=C(CSc1n[nH]c(-c2ccccc2)n1)NNC(=O)c1ccc(Cl)cc1. The summed E-state index contributed by atoms with van der Waals surface area (Å²) in [5, 5.41) is 7.87. The van der Waals surface area contributed by atoms with Crippen molar-refractivity contribution in [2.45, 2.75) is 5.16 Å². The lowest BCUT2D eigenvalue weighted by molar-refractivity contribution is -0.119. The number of carbonyl (C=O) groups excluding carboxylic acids is 2. The standard InChI is InChI=1S/C17H14ClN5O2S/c18-13-8-6-12(7-9-13)16(25)22-20-14(24)10-26-17-19-15(21-23-17)11-4-2-1-3-5-11/h1-9H,10H2,(H,20,24)(H,22,25)(H,19,21,23). The summed E-state index contributed by atoms with van der Waals surface area (Å²) >= 11 is 6.92. The number of aromatic nitrogens is 3. The average molecular weight is 388 g/mol. The van der Waals surface area contributed by atoms with Crippen LogP contribution in [-0.4, -0.2) is 32.7 Å². The lowest BCUT2D eigenvalue weighted by Gasteiger charge is -2.06. The minimum Gasteiger partial charge on any atom is -0.272 e. The van der Waals surface area contributed by atoms with Crippen LogP contribution in [-0.2, 0) is 4.79 Å². The molecule has 1 heterocycles. The molecule has 0 saturated carbocycles. The van der Waals surface area contributed by atoms with Crippen molar-refractivity contribution in [3.05, 3.63) is 65.2 Å². The molecule has 132 valence electrons. The molecular weight excluding hydrogens is 374 g/mol. The van der Waals surface area contributed by atoms with E-state index in [1.807, 2.05) is 30.3 Å². The van der Waals surface area contributed by atoms with Crippen molar-refractivity contribution in [2.24, 2.45) is 0 Å². The molecule has 3 N–H and O–H groups in total. The van der Waals surface area contributed by atoms with Crippen molar-refractivity contribution >= 4 is 35.2 Å². The Kier molecular flexibility index (Phi) is 5.88. The monoisotopic (exact) mass is 387 g/mol. The van der Waals surface area contributed by atoms with Gasteiger partial charge in [0.2, 0.25) is 11.1 Å². The number of aromatic amines is 1. The summed E-state index contributed by atoms with van der Waals surface area (Å²) in [6, 6.07) is 15.9. The van der Waals surface area contributed by atoms with Gasteiger partial charge in [-0.3, -0.25) is 25.5 Å². The fraction of sp³-hybridized carbons (Fsp3) is 0.0588. The van der Waals surface area contributed by atoms with Crippen LogP contribution >= 0.6 is 23.4 Å². The van der Waals surface area contributed by atoms with Gasteiger partial charge in [0.1, 0.15) is 0 Å². The number of nitrogens with zero attached hydrogens (tertiary/aromatic N) is 2. The third kappa shape index (κ3) is 4.84. The van der Waals surface area contributed by atoms with E-state index in [9.17, 15) is 9.59 Å². The van der Waals surface area contributed by atoms with Crippen LogP contribution in [0, 0.1) is 0 Å². The van der Waals surface area contributed by atoms with Gasteiger partial charge >= 0.3 is 0 Å². The van der Waals surface area contributed by atoms with Gasteiger partial charge in [-0.05, 0) is 24.3 Å². The van der Waals surface area contributed by atoms with E-state index in [0.717, 1.165) is 17.3 Å². The molecule has 26 heavy (non-hydrogen) atoms. The molecule has 0 aliphatic heterocycles. The average Bonchev–Trinajstić information content (AvgIpc) is 3.15. The molecule has 0 aliphatic carbocycles. The number of carbonyl (C=O) groups is 2. The van der Waals surface area contributed by atoms with Gasteiger partial charge in [0, 0.05) is 16.1 Å². The highest BCUT2D eigenvalue weighted by Gasteiger charge is 2.10. The highest BCUT2D eigenvalue weighted by molar-refractivity contribution is 7.99. The highest BCUT2D eigenvalue weighted by Crippen LogP contribution is 2.18. The maximum atomic E-state index is 11.9. The molecule has 3 rings (SSSR count). The van der Waals surface area contributed by atoms with Crippen LogP contribution in [0.3, 0.4) is 0 Å². The van der Waals surface area contributed by atoms with Crippen molar-refractivity contribution in [3.8, 4) is 11.4 Å². The Labute approximate surface area is 158 Å². The molecule has 7 nitrogen and oxygen atoms in total. The van der Waals surface area contributed by atoms with Crippen LogP contribution in [0.4, 0.5) is 0 Å². The molecule has 0 saturated heterocycles. The molecule has 0 spiro atoms. The fourth-order valence-electron chi connectivity index (χ4n) is 2.00. The number of hydrogen-bond donors (Lipinski definition) is 3. The molecule has 0 unspecified atom stereocenters. The number of amides is 2. The molecule has 0 atom stereocenters. The second-order valence-electron chi connectivity index (χ2n) is 5.13. The summed E-state index contributed by atoms with van der Waals surface area (Å²) in [4.78, 5) is 28.1. The third-order valence-electron chi connectivity index (χ3n) is 3.27. The molecule has 9 heteroatoms. The molecule has 0 bridgehead atoms. The molecule has 0 aliphatic rings. The van der Waals surface area contributed by atoms with Crippen LogP contribution in [0.5, 0.6) is 0 Å². The Bertz CT molecular complexity index is 899. The van der Waals surface area contributed by atoms with Gasteiger partial charge in [0.05, 0.1) is 5.75 Å². The predicted octanol–water partition coefficient (Wildman–Crippen LogP) is 2.68. The van der Waals surface area contributed by atoms with E-state index in [0.29, 0.717) is 21.6 Å². The number of hydrazine groups is 1. The first-order valence-corrected chi connectivity index (χ1v) is 8.93. The minimum absolute atomic E-state index is 0.0625. The van der Waals surface area contributed by atoms with Gasteiger partial charge in [0.15, 0.2) is 5.82 Å². The number of halogens is 1. The van der Waals surface area contributed by atoms with Crippen LogP contribution < -0.4 is 10.9 Å². The maximum absolute atomic E-state index is 11.9. The normalized spacial score (nSPS) is 10.3. The largest absolute Gasteiger partial charge is 0.272 e. The Hall–Kier alpha value is -2.84. The smallest absolute Gasteiger partial charge is 0.269 e. The Balaban J connectivity index is 1.46. The molecular formula is C17H14ClN5O2S. The first-order valence-electron chi connectivity index (χ1n) is 7.57. The molecule has 2 amide bonds. The number of rotatable bonds is 5. The predicted molar refractivity (Wildman–Crippen MR) is 99.6 cm³/mol. The molecule has 1 aromatic heterocycles. The summed E-state index contributed by atoms with van der Waals surface area (Å²) in [7, 11) is 0. The van der Waals surface area contributed by atoms with Gasteiger partial charge in [-0.2, -0.15) is 0 Å². The number of benzene rings is 2. The van der Waals surface area contributed by atoms with E-state index >= 15 is 0 Å². The maximum Gasteiger partial charge on any atom is 0.269 e. The summed E-state index contributed by atoms with van der Waals surface area (Å²) in [6.07, 6.45) is 0. The zero-order valence-electron chi connectivity index (χ0n) is 13.4. The van der Waals surface area contributed by atoms with E-state index in [1.165, 1.54) is 0 Å². The summed E-state index contributed by atoms with van der Waals surface area (Å²) in [5.74, 6) is -0.107. The van der Waals surface area contributed by atoms with Crippen LogP contribution in [0.2, 0.25) is 5.02 Å². The van der Waals surface area contributed by atoms with Crippen molar-refractivity contribution < 1.29 is 9.59 Å². The van der Waals surface area contributed by atoms with Crippen LogP contribution in [0.25, 0.3) is 11.4 Å². The van der Waals surface area contributed by atoms with Gasteiger partial charge < -0.3 is 0 Å². The lowest BCUT2D eigenvalue weighted by atomic mass is 10.2. The van der Waals surface area contributed by atoms with Gasteiger partial charge in [-0.25, -0.2) is 4.98 Å². The first-order chi connectivity index (χ1) is 12.6. The molecule has 0 fully saturated rings. The summed E-state index contributed by atoms with van der Waals surface area (Å²) in [5.41, 5.74) is 5.99. The molecule has 0 radical (unpaired) electrons. The van der Waals surface area contributed by atoms with Gasteiger partial charge in [0.25, 0.3) is 5.91 Å². The second-order valence-corrected chi connectivity index (χ2v) is 6.51. The zero-order chi connectivity index (χ0) is 18.4. The summed E-state index contributed by atoms with van der Waals surface area (Å²) in [6.45, 7) is 0. The van der Waals surface area contributed by atoms with Crippen LogP contribution in [0.1, 0.15) is 10.4 Å². The van der Waals surface area contributed by atoms with E-state index in [4.69, 9.17) is 11.6 Å². The summed E-state index contributed by atoms with van der Waals surface area (Å²) < 4.78 is 0. The van der Waals surface area contributed by atoms with Crippen molar-refractivity contribution in [3.63, 3.8) is 0 Å².